The fourth-order valence-corrected chi connectivity index (χ4v) is 1.55. The monoisotopic (exact) mass is 306 g/mol. The van der Waals surface area contributed by atoms with E-state index < -0.39 is 5.60 Å². The molecule has 3 heteroatoms. The van der Waals surface area contributed by atoms with Gasteiger partial charge in [0, 0.05) is 10.2 Å². The Kier molecular flexibility index (Phi) is 4.34. The van der Waals surface area contributed by atoms with E-state index in [0.717, 1.165) is 5.56 Å². The molecule has 0 aliphatic carbocycles. The van der Waals surface area contributed by atoms with Crippen molar-refractivity contribution in [2.75, 3.05) is 13.2 Å². The Labute approximate surface area is 98.4 Å². The molecule has 0 spiro atoms. The van der Waals surface area contributed by atoms with Crippen molar-refractivity contribution in [1.82, 2.24) is 0 Å². The van der Waals surface area contributed by atoms with E-state index in [-0.39, 0.29) is 0 Å². The smallest absolute Gasteiger partial charge is 0.110 e. The molecule has 1 rings (SSSR count). The van der Waals surface area contributed by atoms with Crippen LogP contribution in [0.15, 0.2) is 24.3 Å². The highest BCUT2D eigenvalue weighted by atomic mass is 127. The first kappa shape index (κ1) is 11.9. The van der Waals surface area contributed by atoms with E-state index in [1.807, 2.05) is 31.2 Å². The molecule has 0 saturated heterocycles. The van der Waals surface area contributed by atoms with Gasteiger partial charge in [0.05, 0.1) is 6.61 Å². The second-order valence-corrected chi connectivity index (χ2v) is 4.66. The molecule has 0 amide bonds. The van der Waals surface area contributed by atoms with Crippen molar-refractivity contribution in [2.24, 2.45) is 0 Å². The zero-order chi connectivity index (χ0) is 10.6. The molecule has 78 valence electrons. The van der Waals surface area contributed by atoms with Crippen LogP contribution in [0.4, 0.5) is 0 Å². The number of ether oxygens (including phenoxy) is 1. The zero-order valence-electron chi connectivity index (χ0n) is 8.46. The summed E-state index contributed by atoms with van der Waals surface area (Å²) >= 11 is 2.24. The van der Waals surface area contributed by atoms with E-state index in [9.17, 15) is 5.11 Å². The van der Waals surface area contributed by atoms with Crippen LogP contribution in [0.25, 0.3) is 0 Å². The van der Waals surface area contributed by atoms with Gasteiger partial charge in [-0.1, -0.05) is 12.1 Å². The predicted molar refractivity (Wildman–Crippen MR) is 65.2 cm³/mol. The molecule has 0 aliphatic rings. The van der Waals surface area contributed by atoms with E-state index in [1.54, 1.807) is 6.92 Å². The Morgan fingerprint density at radius 2 is 1.93 bits per heavy atom. The van der Waals surface area contributed by atoms with Crippen LogP contribution in [0, 0.1) is 3.57 Å². The Hall–Kier alpha value is -0.130. The summed E-state index contributed by atoms with van der Waals surface area (Å²) in [6.45, 7) is 4.65. The first-order valence-corrected chi connectivity index (χ1v) is 5.70. The average molecular weight is 306 g/mol. The highest BCUT2D eigenvalue weighted by Crippen LogP contribution is 2.21. The van der Waals surface area contributed by atoms with E-state index in [0.29, 0.717) is 13.2 Å². The first-order chi connectivity index (χ1) is 6.56. The molecule has 0 saturated carbocycles. The third-order valence-corrected chi connectivity index (χ3v) is 2.77. The van der Waals surface area contributed by atoms with E-state index in [1.165, 1.54) is 3.57 Å². The normalized spacial score (nSPS) is 15.1. The maximum Gasteiger partial charge on any atom is 0.110 e. The van der Waals surface area contributed by atoms with Crippen LogP contribution in [0.2, 0.25) is 0 Å². The second kappa shape index (κ2) is 5.09. The third-order valence-electron chi connectivity index (χ3n) is 2.05. The molecule has 14 heavy (non-hydrogen) atoms. The summed E-state index contributed by atoms with van der Waals surface area (Å²) in [6.07, 6.45) is 0. The summed E-state index contributed by atoms with van der Waals surface area (Å²) in [5.74, 6) is 0. The molecular formula is C11H15IO2. The molecular weight excluding hydrogens is 291 g/mol. The lowest BCUT2D eigenvalue weighted by atomic mass is 9.97. The van der Waals surface area contributed by atoms with Crippen LogP contribution in [-0.4, -0.2) is 18.3 Å². The largest absolute Gasteiger partial charge is 0.383 e. The zero-order valence-corrected chi connectivity index (χ0v) is 10.6. The lowest BCUT2D eigenvalue weighted by Crippen LogP contribution is -2.27. The quantitative estimate of drug-likeness (QED) is 0.866. The molecule has 2 nitrogen and oxygen atoms in total. The Morgan fingerprint density at radius 3 is 2.43 bits per heavy atom. The minimum absolute atomic E-state index is 0.337. The average Bonchev–Trinajstić information content (AvgIpc) is 2.16. The van der Waals surface area contributed by atoms with Crippen LogP contribution < -0.4 is 0 Å². The van der Waals surface area contributed by atoms with Crippen molar-refractivity contribution < 1.29 is 9.84 Å². The molecule has 0 radical (unpaired) electrons. The highest BCUT2D eigenvalue weighted by molar-refractivity contribution is 14.1. The van der Waals surface area contributed by atoms with Gasteiger partial charge in [-0.15, -0.1) is 0 Å². The van der Waals surface area contributed by atoms with Crippen LogP contribution in [0.3, 0.4) is 0 Å². The molecule has 1 N–H and O–H groups in total. The minimum Gasteiger partial charge on any atom is -0.383 e. The van der Waals surface area contributed by atoms with Gasteiger partial charge < -0.3 is 9.84 Å². The van der Waals surface area contributed by atoms with Gasteiger partial charge in [-0.3, -0.25) is 0 Å². The van der Waals surface area contributed by atoms with E-state index in [2.05, 4.69) is 22.6 Å². The molecule has 0 aromatic heterocycles. The van der Waals surface area contributed by atoms with Crippen LogP contribution >= 0.6 is 22.6 Å². The van der Waals surface area contributed by atoms with Crippen LogP contribution in [0.5, 0.6) is 0 Å². The number of halogens is 1. The fourth-order valence-electron chi connectivity index (χ4n) is 1.19. The van der Waals surface area contributed by atoms with Gasteiger partial charge in [0.15, 0.2) is 0 Å². The number of aliphatic hydroxyl groups is 1. The summed E-state index contributed by atoms with van der Waals surface area (Å²) in [7, 11) is 0. The molecule has 0 fully saturated rings. The SMILES string of the molecule is CCOCC(C)(O)c1ccc(I)cc1. The standard InChI is InChI=1S/C11H15IO2/c1-3-14-8-11(2,13)9-4-6-10(12)7-5-9/h4-7,13H,3,8H2,1-2H3. The maximum absolute atomic E-state index is 10.1. The minimum atomic E-state index is -0.889. The topological polar surface area (TPSA) is 29.5 Å². The van der Waals surface area contributed by atoms with Crippen LogP contribution in [0.1, 0.15) is 19.4 Å². The Balaban J connectivity index is 2.75. The lowest BCUT2D eigenvalue weighted by Gasteiger charge is -2.23. The molecule has 1 aromatic carbocycles. The predicted octanol–water partition coefficient (Wildman–Crippen LogP) is 2.54. The van der Waals surface area contributed by atoms with Crippen LogP contribution in [-0.2, 0) is 10.3 Å². The van der Waals surface area contributed by atoms with Gasteiger partial charge in [-0.25, -0.2) is 0 Å². The van der Waals surface area contributed by atoms with Gasteiger partial charge in [-0.2, -0.15) is 0 Å². The second-order valence-electron chi connectivity index (χ2n) is 3.42. The molecule has 0 heterocycles. The molecule has 1 unspecified atom stereocenters. The third kappa shape index (κ3) is 3.22. The molecule has 1 aromatic rings. The molecule has 0 bridgehead atoms. The van der Waals surface area contributed by atoms with Crippen molar-refractivity contribution in [3.63, 3.8) is 0 Å². The summed E-state index contributed by atoms with van der Waals surface area (Å²) in [5, 5.41) is 10.1. The van der Waals surface area contributed by atoms with E-state index in [4.69, 9.17) is 4.74 Å². The fraction of sp³-hybridized carbons (Fsp3) is 0.455. The van der Waals surface area contributed by atoms with E-state index >= 15 is 0 Å². The summed E-state index contributed by atoms with van der Waals surface area (Å²) in [6, 6.07) is 7.83. The van der Waals surface area contributed by atoms with Crippen molar-refractivity contribution in [2.45, 2.75) is 19.4 Å². The maximum atomic E-state index is 10.1. The van der Waals surface area contributed by atoms with Crippen molar-refractivity contribution in [3.8, 4) is 0 Å². The highest BCUT2D eigenvalue weighted by Gasteiger charge is 2.22. The van der Waals surface area contributed by atoms with Crippen molar-refractivity contribution >= 4 is 22.6 Å². The lowest BCUT2D eigenvalue weighted by molar-refractivity contribution is -0.0343. The van der Waals surface area contributed by atoms with Gasteiger partial charge in [0.1, 0.15) is 5.60 Å². The number of benzene rings is 1. The van der Waals surface area contributed by atoms with Gasteiger partial charge in [0.2, 0.25) is 0 Å². The molecule has 0 aliphatic heterocycles. The molecule has 1 atom stereocenters. The number of hydrogen-bond donors (Lipinski definition) is 1. The summed E-state index contributed by atoms with van der Waals surface area (Å²) in [4.78, 5) is 0. The number of hydrogen-bond acceptors (Lipinski definition) is 2. The Morgan fingerprint density at radius 1 is 1.36 bits per heavy atom. The van der Waals surface area contributed by atoms with Crippen molar-refractivity contribution in [1.29, 1.82) is 0 Å². The number of rotatable bonds is 4. The summed E-state index contributed by atoms with van der Waals surface area (Å²) in [5.41, 5.74) is 0.00624. The van der Waals surface area contributed by atoms with Gasteiger partial charge >= 0.3 is 0 Å². The van der Waals surface area contributed by atoms with Gasteiger partial charge in [-0.05, 0) is 54.1 Å². The Bertz CT molecular complexity index is 280. The van der Waals surface area contributed by atoms with Gasteiger partial charge in [0.25, 0.3) is 0 Å². The summed E-state index contributed by atoms with van der Waals surface area (Å²) < 4.78 is 6.40. The van der Waals surface area contributed by atoms with Crippen molar-refractivity contribution in [3.05, 3.63) is 33.4 Å². The first-order valence-electron chi connectivity index (χ1n) is 4.62.